The SMILES string of the molecule is C=[N+]1C=C(C)[N-]c2c1c1c(C)cccc1c1ccccc21. The van der Waals surface area contributed by atoms with Gasteiger partial charge in [-0.15, -0.1) is 0 Å². The summed E-state index contributed by atoms with van der Waals surface area (Å²) in [5.74, 6) is 0. The first kappa shape index (κ1) is 12.2. The van der Waals surface area contributed by atoms with Gasteiger partial charge in [0.2, 0.25) is 5.69 Å². The van der Waals surface area contributed by atoms with Gasteiger partial charge in [-0.2, -0.15) is 4.58 Å². The van der Waals surface area contributed by atoms with E-state index in [1.54, 1.807) is 0 Å². The van der Waals surface area contributed by atoms with E-state index in [0.29, 0.717) is 0 Å². The van der Waals surface area contributed by atoms with Crippen LogP contribution in [0.3, 0.4) is 0 Å². The van der Waals surface area contributed by atoms with Gasteiger partial charge in [-0.25, -0.2) is 0 Å². The molecular weight excluding hydrogens is 256 g/mol. The molecule has 0 fully saturated rings. The molecule has 0 radical (unpaired) electrons. The number of hydrogen-bond donors (Lipinski definition) is 0. The fourth-order valence-corrected chi connectivity index (χ4v) is 3.27. The zero-order chi connectivity index (χ0) is 14.6. The van der Waals surface area contributed by atoms with Crippen LogP contribution in [0.1, 0.15) is 12.5 Å². The highest BCUT2D eigenvalue weighted by atomic mass is 15.1. The van der Waals surface area contributed by atoms with Gasteiger partial charge in [0.25, 0.3) is 0 Å². The van der Waals surface area contributed by atoms with Crippen molar-refractivity contribution < 1.29 is 4.58 Å². The number of nitrogens with zero attached hydrogens (tertiary/aromatic N) is 2. The Bertz CT molecular complexity index is 949. The van der Waals surface area contributed by atoms with Crippen LogP contribution in [0.2, 0.25) is 0 Å². The Kier molecular flexibility index (Phi) is 2.43. The monoisotopic (exact) mass is 272 g/mol. The summed E-state index contributed by atoms with van der Waals surface area (Å²) in [4.78, 5) is 0. The van der Waals surface area contributed by atoms with Crippen LogP contribution in [-0.4, -0.2) is 11.3 Å². The molecule has 102 valence electrons. The minimum Gasteiger partial charge on any atom is -0.651 e. The average Bonchev–Trinajstić information content (AvgIpc) is 2.47. The molecular formula is C19H16N2. The van der Waals surface area contributed by atoms with Crippen molar-refractivity contribution in [3.8, 4) is 0 Å². The quantitative estimate of drug-likeness (QED) is 0.378. The predicted molar refractivity (Wildman–Crippen MR) is 90.0 cm³/mol. The molecule has 0 aromatic heterocycles. The van der Waals surface area contributed by atoms with Gasteiger partial charge in [-0.05, 0) is 28.6 Å². The minimum atomic E-state index is 0.982. The Balaban J connectivity index is 2.32. The van der Waals surface area contributed by atoms with Crippen LogP contribution in [0.4, 0.5) is 11.4 Å². The molecule has 0 N–H and O–H groups in total. The molecule has 1 heterocycles. The molecule has 0 amide bonds. The second-order valence-corrected chi connectivity index (χ2v) is 5.59. The summed E-state index contributed by atoms with van der Waals surface area (Å²) in [6.07, 6.45) is 1.99. The molecule has 21 heavy (non-hydrogen) atoms. The Labute approximate surface area is 124 Å². The molecule has 0 bridgehead atoms. The van der Waals surface area contributed by atoms with E-state index in [9.17, 15) is 0 Å². The Morgan fingerprint density at radius 3 is 2.43 bits per heavy atom. The van der Waals surface area contributed by atoms with Crippen LogP contribution in [-0.2, 0) is 0 Å². The van der Waals surface area contributed by atoms with Crippen molar-refractivity contribution in [3.63, 3.8) is 0 Å². The second-order valence-electron chi connectivity index (χ2n) is 5.59. The van der Waals surface area contributed by atoms with E-state index in [-0.39, 0.29) is 0 Å². The van der Waals surface area contributed by atoms with E-state index < -0.39 is 0 Å². The van der Waals surface area contributed by atoms with Gasteiger partial charge in [-0.3, -0.25) is 0 Å². The summed E-state index contributed by atoms with van der Waals surface area (Å²) in [5, 5.41) is 9.74. The number of allylic oxidation sites excluding steroid dienone is 1. The van der Waals surface area contributed by atoms with Gasteiger partial charge in [0.05, 0.1) is 5.39 Å². The first-order valence-electron chi connectivity index (χ1n) is 7.11. The Morgan fingerprint density at radius 2 is 1.62 bits per heavy atom. The number of rotatable bonds is 0. The number of aryl methyl sites for hydroxylation is 1. The minimum absolute atomic E-state index is 0.982. The van der Waals surface area contributed by atoms with E-state index in [1.807, 2.05) is 17.7 Å². The summed E-state index contributed by atoms with van der Waals surface area (Å²) in [6.45, 7) is 8.35. The fourth-order valence-electron chi connectivity index (χ4n) is 3.27. The van der Waals surface area contributed by atoms with Crippen molar-refractivity contribution in [2.75, 3.05) is 0 Å². The molecule has 1 aliphatic rings. The van der Waals surface area contributed by atoms with Crippen molar-refractivity contribution in [1.29, 1.82) is 0 Å². The van der Waals surface area contributed by atoms with Gasteiger partial charge in [0, 0.05) is 0 Å². The van der Waals surface area contributed by atoms with Crippen molar-refractivity contribution in [2.45, 2.75) is 13.8 Å². The lowest BCUT2D eigenvalue weighted by atomic mass is 9.94. The van der Waals surface area contributed by atoms with Gasteiger partial charge < -0.3 is 5.32 Å². The summed E-state index contributed by atoms with van der Waals surface area (Å²) in [7, 11) is 0. The number of benzene rings is 3. The molecule has 0 saturated heterocycles. The lowest BCUT2D eigenvalue weighted by molar-refractivity contribution is -0.348. The van der Waals surface area contributed by atoms with Crippen molar-refractivity contribution >= 4 is 39.6 Å². The molecule has 0 atom stereocenters. The van der Waals surface area contributed by atoms with Gasteiger partial charge in [0.1, 0.15) is 6.72 Å². The smallest absolute Gasteiger partial charge is 0.204 e. The topological polar surface area (TPSA) is 17.1 Å². The molecule has 4 rings (SSSR count). The zero-order valence-corrected chi connectivity index (χ0v) is 12.2. The van der Waals surface area contributed by atoms with Crippen LogP contribution in [0.25, 0.3) is 26.9 Å². The van der Waals surface area contributed by atoms with E-state index in [4.69, 9.17) is 5.32 Å². The van der Waals surface area contributed by atoms with E-state index in [2.05, 4.69) is 56.1 Å². The molecule has 0 spiro atoms. The van der Waals surface area contributed by atoms with Crippen molar-refractivity contribution in [1.82, 2.24) is 0 Å². The summed E-state index contributed by atoms with van der Waals surface area (Å²) < 4.78 is 1.96. The molecule has 0 aliphatic carbocycles. The lowest BCUT2D eigenvalue weighted by Gasteiger charge is -2.30. The largest absolute Gasteiger partial charge is 0.651 e. The third kappa shape index (κ3) is 1.62. The summed E-state index contributed by atoms with van der Waals surface area (Å²) in [5.41, 5.74) is 4.37. The maximum atomic E-state index is 4.80. The van der Waals surface area contributed by atoms with Gasteiger partial charge >= 0.3 is 0 Å². The summed E-state index contributed by atoms with van der Waals surface area (Å²) >= 11 is 0. The summed E-state index contributed by atoms with van der Waals surface area (Å²) in [6, 6.07) is 14.9. The highest BCUT2D eigenvalue weighted by Crippen LogP contribution is 2.49. The van der Waals surface area contributed by atoms with Crippen LogP contribution >= 0.6 is 0 Å². The van der Waals surface area contributed by atoms with Gasteiger partial charge in [0.15, 0.2) is 6.20 Å². The van der Waals surface area contributed by atoms with E-state index in [0.717, 1.165) is 17.1 Å². The van der Waals surface area contributed by atoms with Gasteiger partial charge in [-0.1, -0.05) is 60.8 Å². The van der Waals surface area contributed by atoms with Crippen LogP contribution in [0.5, 0.6) is 0 Å². The zero-order valence-electron chi connectivity index (χ0n) is 12.2. The first-order chi connectivity index (χ1) is 10.2. The van der Waals surface area contributed by atoms with Crippen molar-refractivity contribution in [2.24, 2.45) is 0 Å². The standard InChI is InChI=1S/C19H16N2/c1-12-7-6-10-15-14-8-4-5-9-16(14)18-19(17(12)15)21(3)11-13(2)20-18/h4-11H,3H2,1-2H3. The van der Waals surface area contributed by atoms with Crippen LogP contribution < -0.4 is 0 Å². The Hall–Kier alpha value is -2.61. The van der Waals surface area contributed by atoms with Crippen molar-refractivity contribution in [3.05, 3.63) is 65.2 Å². The molecule has 0 unspecified atom stereocenters. The molecule has 3 aromatic rings. The second kappa shape index (κ2) is 4.19. The Morgan fingerprint density at radius 1 is 0.905 bits per heavy atom. The fraction of sp³-hybridized carbons (Fsp3) is 0.105. The molecule has 2 nitrogen and oxygen atoms in total. The maximum absolute atomic E-state index is 4.80. The molecule has 1 aliphatic heterocycles. The molecule has 3 aromatic carbocycles. The lowest BCUT2D eigenvalue weighted by Crippen LogP contribution is -2.02. The third-order valence-electron chi connectivity index (χ3n) is 4.12. The van der Waals surface area contributed by atoms with Crippen LogP contribution in [0.15, 0.2) is 54.4 Å². The van der Waals surface area contributed by atoms with Crippen LogP contribution in [0, 0.1) is 6.92 Å². The predicted octanol–water partition coefficient (Wildman–Crippen LogP) is 5.53. The van der Waals surface area contributed by atoms with E-state index >= 15 is 0 Å². The third-order valence-corrected chi connectivity index (χ3v) is 4.12. The normalized spacial score (nSPS) is 14.0. The van der Waals surface area contributed by atoms with E-state index in [1.165, 1.54) is 27.1 Å². The molecule has 2 heteroatoms. The highest BCUT2D eigenvalue weighted by molar-refractivity contribution is 6.20. The number of fused-ring (bicyclic) bond motifs is 6. The molecule has 0 saturated carbocycles. The average molecular weight is 272 g/mol. The number of hydrogen-bond acceptors (Lipinski definition) is 0. The highest BCUT2D eigenvalue weighted by Gasteiger charge is 2.20. The maximum Gasteiger partial charge on any atom is 0.204 e. The first-order valence-corrected chi connectivity index (χ1v) is 7.11.